The van der Waals surface area contributed by atoms with Crippen molar-refractivity contribution in [1.82, 2.24) is 4.98 Å². The molecule has 2 rings (SSSR count). The third-order valence-electron chi connectivity index (χ3n) is 1.94. The molecule has 0 spiro atoms. The number of hydrogen-bond donors (Lipinski definition) is 1. The van der Waals surface area contributed by atoms with Gasteiger partial charge in [-0.1, -0.05) is 0 Å². The minimum atomic E-state index is 0.0127. The van der Waals surface area contributed by atoms with E-state index in [4.69, 9.17) is 10.5 Å². The molecule has 2 heterocycles. The summed E-state index contributed by atoms with van der Waals surface area (Å²) in [6.45, 7) is 2.59. The zero-order chi connectivity index (χ0) is 7.84. The topological polar surface area (TPSA) is 48.1 Å². The summed E-state index contributed by atoms with van der Waals surface area (Å²) in [5.74, 6) is 0.706. The van der Waals surface area contributed by atoms with Crippen molar-refractivity contribution in [2.24, 2.45) is 5.73 Å². The van der Waals surface area contributed by atoms with Gasteiger partial charge in [-0.3, -0.25) is 0 Å². The minimum absolute atomic E-state index is 0.0127. The fourth-order valence-electron chi connectivity index (χ4n) is 1.36. The van der Waals surface area contributed by atoms with Crippen LogP contribution in [-0.4, -0.2) is 11.6 Å². The van der Waals surface area contributed by atoms with Gasteiger partial charge in [-0.25, -0.2) is 4.98 Å². The van der Waals surface area contributed by atoms with Crippen LogP contribution in [0.1, 0.15) is 17.2 Å². The number of fused-ring (bicyclic) bond motifs is 1. The Balaban J connectivity index is 2.58. The van der Waals surface area contributed by atoms with Gasteiger partial charge in [-0.15, -0.1) is 0 Å². The van der Waals surface area contributed by atoms with Crippen LogP contribution in [0.15, 0.2) is 12.3 Å². The zero-order valence-electron chi connectivity index (χ0n) is 6.37. The molecule has 11 heavy (non-hydrogen) atoms. The summed E-state index contributed by atoms with van der Waals surface area (Å²) >= 11 is 0. The molecule has 58 valence electrons. The Morgan fingerprint density at radius 2 is 2.55 bits per heavy atom. The average molecular weight is 150 g/mol. The maximum absolute atomic E-state index is 5.78. The van der Waals surface area contributed by atoms with E-state index in [1.54, 1.807) is 6.20 Å². The molecule has 1 unspecified atom stereocenters. The molecule has 1 aliphatic rings. The second-order valence-electron chi connectivity index (χ2n) is 2.76. The molecule has 0 fully saturated rings. The fraction of sp³-hybridized carbons (Fsp3) is 0.375. The lowest BCUT2D eigenvalue weighted by Gasteiger charge is -2.02. The lowest BCUT2D eigenvalue weighted by Crippen LogP contribution is -2.11. The van der Waals surface area contributed by atoms with Crippen LogP contribution in [0.25, 0.3) is 0 Å². The van der Waals surface area contributed by atoms with Crippen molar-refractivity contribution < 1.29 is 4.74 Å². The number of aryl methyl sites for hydroxylation is 1. The van der Waals surface area contributed by atoms with Gasteiger partial charge in [-0.05, 0) is 18.6 Å². The largest absolute Gasteiger partial charge is 0.475 e. The highest BCUT2D eigenvalue weighted by Gasteiger charge is 2.23. The first-order valence-electron chi connectivity index (χ1n) is 3.63. The van der Waals surface area contributed by atoms with Gasteiger partial charge in [-0.2, -0.15) is 0 Å². The van der Waals surface area contributed by atoms with Gasteiger partial charge >= 0.3 is 0 Å². The highest BCUT2D eigenvalue weighted by molar-refractivity contribution is 5.38. The summed E-state index contributed by atoms with van der Waals surface area (Å²) in [5, 5.41) is 0. The Morgan fingerprint density at radius 1 is 1.73 bits per heavy atom. The third kappa shape index (κ3) is 0.886. The molecular formula is C8H10N2O. The minimum Gasteiger partial charge on any atom is -0.475 e. The van der Waals surface area contributed by atoms with Gasteiger partial charge in [0.1, 0.15) is 6.61 Å². The standard InChI is InChI=1S/C8H10N2O/c1-5-2-3-10-8-7(5)6(9)4-11-8/h2-3,6H,4,9H2,1H3. The Morgan fingerprint density at radius 3 is 3.27 bits per heavy atom. The van der Waals surface area contributed by atoms with Crippen molar-refractivity contribution in [3.63, 3.8) is 0 Å². The Bertz CT molecular complexity index is 285. The molecule has 0 bridgehead atoms. The quantitative estimate of drug-likeness (QED) is 0.594. The number of nitrogens with two attached hydrogens (primary N) is 1. The van der Waals surface area contributed by atoms with Crippen LogP contribution in [0.2, 0.25) is 0 Å². The van der Waals surface area contributed by atoms with Crippen LogP contribution < -0.4 is 10.5 Å². The molecule has 3 nitrogen and oxygen atoms in total. The van der Waals surface area contributed by atoms with Crippen LogP contribution in [0, 0.1) is 6.92 Å². The molecule has 0 saturated heterocycles. The Hall–Kier alpha value is -1.09. The van der Waals surface area contributed by atoms with E-state index in [9.17, 15) is 0 Å². The van der Waals surface area contributed by atoms with E-state index in [0.29, 0.717) is 12.5 Å². The van der Waals surface area contributed by atoms with Gasteiger partial charge in [0, 0.05) is 11.8 Å². The lowest BCUT2D eigenvalue weighted by molar-refractivity contribution is 0.323. The van der Waals surface area contributed by atoms with Gasteiger partial charge in [0.2, 0.25) is 5.88 Å². The van der Waals surface area contributed by atoms with Crippen LogP contribution in [0.5, 0.6) is 5.88 Å². The first-order chi connectivity index (χ1) is 5.29. The normalized spacial score (nSPS) is 21.1. The summed E-state index contributed by atoms with van der Waals surface area (Å²) < 4.78 is 5.26. The van der Waals surface area contributed by atoms with Gasteiger partial charge < -0.3 is 10.5 Å². The van der Waals surface area contributed by atoms with E-state index < -0.39 is 0 Å². The van der Waals surface area contributed by atoms with E-state index in [2.05, 4.69) is 4.98 Å². The molecule has 1 aromatic rings. The monoisotopic (exact) mass is 150 g/mol. The highest BCUT2D eigenvalue weighted by atomic mass is 16.5. The summed E-state index contributed by atoms with van der Waals surface area (Å²) in [5.41, 5.74) is 8.01. The molecule has 1 atom stereocenters. The van der Waals surface area contributed by atoms with Crippen molar-refractivity contribution >= 4 is 0 Å². The second-order valence-corrected chi connectivity index (χ2v) is 2.76. The third-order valence-corrected chi connectivity index (χ3v) is 1.94. The molecule has 0 aromatic carbocycles. The van der Waals surface area contributed by atoms with Crippen LogP contribution in [0.3, 0.4) is 0 Å². The van der Waals surface area contributed by atoms with Crippen molar-refractivity contribution in [1.29, 1.82) is 0 Å². The van der Waals surface area contributed by atoms with Crippen LogP contribution in [-0.2, 0) is 0 Å². The van der Waals surface area contributed by atoms with E-state index in [1.165, 1.54) is 5.56 Å². The molecule has 0 amide bonds. The molecule has 2 N–H and O–H groups in total. The number of pyridine rings is 1. The molecule has 0 aliphatic carbocycles. The molecular weight excluding hydrogens is 140 g/mol. The summed E-state index contributed by atoms with van der Waals surface area (Å²) in [6, 6.07) is 1.96. The number of aromatic nitrogens is 1. The van der Waals surface area contributed by atoms with Gasteiger partial charge in [0.05, 0.1) is 6.04 Å². The molecule has 0 radical (unpaired) electrons. The van der Waals surface area contributed by atoms with Crippen molar-refractivity contribution in [3.05, 3.63) is 23.4 Å². The molecule has 1 aliphatic heterocycles. The molecule has 0 saturated carbocycles. The van der Waals surface area contributed by atoms with Crippen molar-refractivity contribution in [3.8, 4) is 5.88 Å². The summed E-state index contributed by atoms with van der Waals surface area (Å²) in [4.78, 5) is 4.07. The van der Waals surface area contributed by atoms with Crippen molar-refractivity contribution in [2.75, 3.05) is 6.61 Å². The maximum atomic E-state index is 5.78. The number of ether oxygens (including phenoxy) is 1. The molecule has 3 heteroatoms. The Labute approximate surface area is 65.2 Å². The van der Waals surface area contributed by atoms with Crippen LogP contribution in [0.4, 0.5) is 0 Å². The predicted octanol–water partition coefficient (Wildman–Crippen LogP) is 0.782. The van der Waals surface area contributed by atoms with Gasteiger partial charge in [0.15, 0.2) is 0 Å². The zero-order valence-corrected chi connectivity index (χ0v) is 6.37. The van der Waals surface area contributed by atoms with E-state index >= 15 is 0 Å². The molecule has 1 aromatic heterocycles. The average Bonchev–Trinajstić information content (AvgIpc) is 2.34. The lowest BCUT2D eigenvalue weighted by atomic mass is 10.1. The van der Waals surface area contributed by atoms with Crippen molar-refractivity contribution in [2.45, 2.75) is 13.0 Å². The van der Waals surface area contributed by atoms with E-state index in [-0.39, 0.29) is 6.04 Å². The first kappa shape index (κ1) is 6.61. The predicted molar refractivity (Wildman–Crippen MR) is 41.4 cm³/mol. The highest BCUT2D eigenvalue weighted by Crippen LogP contribution is 2.30. The number of nitrogens with zero attached hydrogens (tertiary/aromatic N) is 1. The van der Waals surface area contributed by atoms with E-state index in [1.807, 2.05) is 13.0 Å². The van der Waals surface area contributed by atoms with Gasteiger partial charge in [0.25, 0.3) is 0 Å². The maximum Gasteiger partial charge on any atom is 0.218 e. The smallest absolute Gasteiger partial charge is 0.218 e. The first-order valence-corrected chi connectivity index (χ1v) is 3.63. The SMILES string of the molecule is Cc1ccnc2c1C(N)CO2. The Kier molecular flexibility index (Phi) is 1.32. The van der Waals surface area contributed by atoms with E-state index in [0.717, 1.165) is 5.56 Å². The summed E-state index contributed by atoms with van der Waals surface area (Å²) in [6.07, 6.45) is 1.74. The number of rotatable bonds is 0. The second kappa shape index (κ2) is 2.20. The fourth-order valence-corrected chi connectivity index (χ4v) is 1.36. The number of hydrogen-bond acceptors (Lipinski definition) is 3. The van der Waals surface area contributed by atoms with Crippen LogP contribution >= 0.6 is 0 Å². The summed E-state index contributed by atoms with van der Waals surface area (Å²) in [7, 11) is 0.